The van der Waals surface area contributed by atoms with Gasteiger partial charge in [-0.3, -0.25) is 4.79 Å². The molecule has 2 N–H and O–H groups in total. The van der Waals surface area contributed by atoms with Gasteiger partial charge in [-0.25, -0.2) is 14.8 Å². The molecule has 0 aromatic carbocycles. The first-order chi connectivity index (χ1) is 9.69. The molecular formula is C13H18N4O3. The molecule has 0 saturated heterocycles. The standard InChI is InChI=1S/C13H18N4O3/c1-20-13(19)10-7-16-11(8-15-10)14-6-2-3-12(18)17-9-4-5-9/h7-9H,2-6H2,1H3,(H,14,16)(H,17,18). The van der Waals surface area contributed by atoms with Crippen LogP contribution in [0.2, 0.25) is 0 Å². The summed E-state index contributed by atoms with van der Waals surface area (Å²) in [5, 5.41) is 5.98. The smallest absolute Gasteiger partial charge is 0.358 e. The number of ether oxygens (including phenoxy) is 1. The van der Waals surface area contributed by atoms with Crippen LogP contribution in [-0.2, 0) is 9.53 Å². The second-order valence-electron chi connectivity index (χ2n) is 4.65. The Bertz CT molecular complexity index is 471. The van der Waals surface area contributed by atoms with Crippen LogP contribution in [0.3, 0.4) is 0 Å². The summed E-state index contributed by atoms with van der Waals surface area (Å²) in [6.07, 6.45) is 6.25. The molecule has 1 aliphatic carbocycles. The normalized spacial score (nSPS) is 13.7. The largest absolute Gasteiger partial charge is 0.464 e. The number of methoxy groups -OCH3 is 1. The van der Waals surface area contributed by atoms with Crippen LogP contribution in [0.1, 0.15) is 36.2 Å². The van der Waals surface area contributed by atoms with Gasteiger partial charge in [0.15, 0.2) is 5.69 Å². The summed E-state index contributed by atoms with van der Waals surface area (Å²) in [4.78, 5) is 30.6. The Morgan fingerprint density at radius 1 is 1.35 bits per heavy atom. The molecule has 1 heterocycles. The van der Waals surface area contributed by atoms with E-state index in [2.05, 4.69) is 25.3 Å². The van der Waals surface area contributed by atoms with E-state index in [-0.39, 0.29) is 11.6 Å². The van der Waals surface area contributed by atoms with Crippen LogP contribution in [-0.4, -0.2) is 41.5 Å². The van der Waals surface area contributed by atoms with Crippen molar-refractivity contribution in [2.45, 2.75) is 31.7 Å². The predicted octanol–water partition coefficient (Wildman–Crippen LogP) is 0.734. The highest BCUT2D eigenvalue weighted by molar-refractivity contribution is 5.86. The van der Waals surface area contributed by atoms with E-state index in [1.807, 2.05) is 0 Å². The van der Waals surface area contributed by atoms with Gasteiger partial charge in [-0.2, -0.15) is 0 Å². The maximum Gasteiger partial charge on any atom is 0.358 e. The van der Waals surface area contributed by atoms with Gasteiger partial charge in [0.05, 0.1) is 19.5 Å². The van der Waals surface area contributed by atoms with Gasteiger partial charge in [0.1, 0.15) is 5.82 Å². The lowest BCUT2D eigenvalue weighted by Gasteiger charge is -2.06. The van der Waals surface area contributed by atoms with Gasteiger partial charge in [0.2, 0.25) is 5.91 Å². The van der Waals surface area contributed by atoms with Crippen molar-refractivity contribution in [3.05, 3.63) is 18.1 Å². The van der Waals surface area contributed by atoms with Crippen LogP contribution < -0.4 is 10.6 Å². The Balaban J connectivity index is 1.65. The average molecular weight is 278 g/mol. The van der Waals surface area contributed by atoms with E-state index in [9.17, 15) is 9.59 Å². The molecule has 0 spiro atoms. The third-order valence-corrected chi connectivity index (χ3v) is 2.88. The van der Waals surface area contributed by atoms with Gasteiger partial charge in [-0.05, 0) is 19.3 Å². The molecule has 1 aliphatic rings. The number of hydrogen-bond acceptors (Lipinski definition) is 6. The van der Waals surface area contributed by atoms with E-state index in [0.29, 0.717) is 24.8 Å². The minimum absolute atomic E-state index is 0.0985. The van der Waals surface area contributed by atoms with E-state index in [1.54, 1.807) is 0 Å². The number of nitrogens with zero attached hydrogens (tertiary/aromatic N) is 2. The van der Waals surface area contributed by atoms with E-state index >= 15 is 0 Å². The van der Waals surface area contributed by atoms with Gasteiger partial charge >= 0.3 is 5.97 Å². The fourth-order valence-electron chi connectivity index (χ4n) is 1.62. The van der Waals surface area contributed by atoms with Crippen LogP contribution in [0.5, 0.6) is 0 Å². The van der Waals surface area contributed by atoms with Crippen LogP contribution in [0.15, 0.2) is 12.4 Å². The minimum atomic E-state index is -0.513. The number of nitrogens with one attached hydrogen (secondary N) is 2. The van der Waals surface area contributed by atoms with Crippen molar-refractivity contribution in [3.63, 3.8) is 0 Å². The maximum atomic E-state index is 11.4. The van der Waals surface area contributed by atoms with Crippen LogP contribution in [0.4, 0.5) is 5.82 Å². The number of anilines is 1. The highest BCUT2D eigenvalue weighted by Crippen LogP contribution is 2.18. The van der Waals surface area contributed by atoms with E-state index in [4.69, 9.17) is 0 Å². The predicted molar refractivity (Wildman–Crippen MR) is 72.3 cm³/mol. The molecule has 7 nitrogen and oxygen atoms in total. The number of rotatable bonds is 7. The van der Waals surface area contributed by atoms with Gasteiger partial charge in [0.25, 0.3) is 0 Å². The average Bonchev–Trinajstić information content (AvgIpc) is 3.27. The molecule has 0 unspecified atom stereocenters. The van der Waals surface area contributed by atoms with Crippen LogP contribution in [0, 0.1) is 0 Å². The lowest BCUT2D eigenvalue weighted by Crippen LogP contribution is -2.25. The summed E-state index contributed by atoms with van der Waals surface area (Å²) in [6.45, 7) is 0.629. The second-order valence-corrected chi connectivity index (χ2v) is 4.65. The maximum absolute atomic E-state index is 11.4. The fraction of sp³-hybridized carbons (Fsp3) is 0.538. The molecule has 0 radical (unpaired) electrons. The zero-order valence-corrected chi connectivity index (χ0v) is 11.4. The molecule has 1 amide bonds. The Morgan fingerprint density at radius 2 is 2.15 bits per heavy atom. The SMILES string of the molecule is COC(=O)c1cnc(NCCCC(=O)NC2CC2)cn1. The molecule has 2 rings (SSSR count). The number of hydrogen-bond donors (Lipinski definition) is 2. The second kappa shape index (κ2) is 6.83. The van der Waals surface area contributed by atoms with E-state index < -0.39 is 5.97 Å². The fourth-order valence-corrected chi connectivity index (χ4v) is 1.62. The quantitative estimate of drug-likeness (QED) is 0.564. The molecule has 1 fully saturated rings. The number of carbonyl (C=O) groups excluding carboxylic acids is 2. The van der Waals surface area contributed by atoms with Crippen molar-refractivity contribution >= 4 is 17.7 Å². The molecule has 108 valence electrons. The van der Waals surface area contributed by atoms with Gasteiger partial charge in [-0.15, -0.1) is 0 Å². The molecule has 0 aliphatic heterocycles. The van der Waals surface area contributed by atoms with E-state index in [1.165, 1.54) is 19.5 Å². The number of carbonyl (C=O) groups is 2. The molecule has 1 saturated carbocycles. The molecule has 0 bridgehead atoms. The monoisotopic (exact) mass is 278 g/mol. The number of esters is 1. The summed E-state index contributed by atoms with van der Waals surface area (Å²) in [6, 6.07) is 0.409. The Hall–Kier alpha value is -2.18. The molecule has 7 heteroatoms. The van der Waals surface area contributed by atoms with Gasteiger partial charge < -0.3 is 15.4 Å². The topological polar surface area (TPSA) is 93.2 Å². The zero-order chi connectivity index (χ0) is 14.4. The number of amides is 1. The summed E-state index contributed by atoms with van der Waals surface area (Å²) in [7, 11) is 1.29. The van der Waals surface area contributed by atoms with Gasteiger partial charge in [0, 0.05) is 19.0 Å². The first-order valence-corrected chi connectivity index (χ1v) is 6.62. The molecule has 20 heavy (non-hydrogen) atoms. The first kappa shape index (κ1) is 14.2. The summed E-state index contributed by atoms with van der Waals surface area (Å²) in [5.74, 6) is 0.155. The van der Waals surface area contributed by atoms with Crippen molar-refractivity contribution in [1.29, 1.82) is 0 Å². The van der Waals surface area contributed by atoms with Gasteiger partial charge in [-0.1, -0.05) is 0 Å². The highest BCUT2D eigenvalue weighted by Gasteiger charge is 2.22. The lowest BCUT2D eigenvalue weighted by atomic mass is 10.3. The molecular weight excluding hydrogens is 260 g/mol. The molecule has 0 atom stereocenters. The zero-order valence-electron chi connectivity index (χ0n) is 11.4. The summed E-state index contributed by atoms with van der Waals surface area (Å²) < 4.78 is 4.53. The molecule has 1 aromatic heterocycles. The first-order valence-electron chi connectivity index (χ1n) is 6.62. The lowest BCUT2D eigenvalue weighted by molar-refractivity contribution is -0.121. The summed E-state index contributed by atoms with van der Waals surface area (Å²) >= 11 is 0. The summed E-state index contributed by atoms with van der Waals surface area (Å²) in [5.41, 5.74) is 0.168. The van der Waals surface area contributed by atoms with E-state index in [0.717, 1.165) is 19.3 Å². The Labute approximate surface area is 117 Å². The Kier molecular flexibility index (Phi) is 4.86. The minimum Gasteiger partial charge on any atom is -0.464 e. The van der Waals surface area contributed by atoms with Crippen molar-refractivity contribution in [2.24, 2.45) is 0 Å². The van der Waals surface area contributed by atoms with Crippen LogP contribution in [0.25, 0.3) is 0 Å². The van der Waals surface area contributed by atoms with Crippen molar-refractivity contribution in [3.8, 4) is 0 Å². The Morgan fingerprint density at radius 3 is 2.75 bits per heavy atom. The van der Waals surface area contributed by atoms with Crippen molar-refractivity contribution in [1.82, 2.24) is 15.3 Å². The number of aromatic nitrogens is 2. The third-order valence-electron chi connectivity index (χ3n) is 2.88. The third kappa shape index (κ3) is 4.49. The molecule has 1 aromatic rings. The van der Waals surface area contributed by atoms with Crippen molar-refractivity contribution < 1.29 is 14.3 Å². The van der Waals surface area contributed by atoms with Crippen molar-refractivity contribution in [2.75, 3.05) is 19.0 Å². The van der Waals surface area contributed by atoms with Crippen LogP contribution >= 0.6 is 0 Å². The highest BCUT2D eigenvalue weighted by atomic mass is 16.5.